The van der Waals surface area contributed by atoms with Crippen LogP contribution in [-0.4, -0.2) is 66.8 Å². The number of likely N-dealkylation sites (tertiary alicyclic amines) is 2. The quantitative estimate of drug-likeness (QED) is 0.166. The first-order valence-corrected chi connectivity index (χ1v) is 20.6. The fourth-order valence-electron chi connectivity index (χ4n) is 10.1. The van der Waals surface area contributed by atoms with Crippen LogP contribution in [0.3, 0.4) is 0 Å². The van der Waals surface area contributed by atoms with Crippen molar-refractivity contribution < 1.29 is 14.3 Å². The van der Waals surface area contributed by atoms with Gasteiger partial charge in [0.15, 0.2) is 0 Å². The lowest BCUT2D eigenvalue weighted by atomic mass is 9.91. The number of benzene rings is 3. The van der Waals surface area contributed by atoms with Gasteiger partial charge in [-0.05, 0) is 123 Å². The first-order valence-electron chi connectivity index (χ1n) is 20.6. The topological polar surface area (TPSA) is 107 Å². The van der Waals surface area contributed by atoms with E-state index in [1.54, 1.807) is 0 Å². The fourth-order valence-corrected chi connectivity index (χ4v) is 10.1. The van der Waals surface area contributed by atoms with Crippen molar-refractivity contribution in [3.05, 3.63) is 71.4 Å². The molecule has 2 aromatic heterocycles. The molecule has 3 aliphatic heterocycles. The molecule has 9 heteroatoms. The molecule has 3 saturated heterocycles. The molecule has 0 radical (unpaired) electrons. The van der Waals surface area contributed by atoms with Crippen LogP contribution in [0.2, 0.25) is 0 Å². The third-order valence-electron chi connectivity index (χ3n) is 12.9. The molecular weight excluding hydrogens is 673 g/mol. The van der Waals surface area contributed by atoms with Gasteiger partial charge in [0.2, 0.25) is 11.8 Å². The SMILES string of the molecule is CC(C)CC(=O)N1[C@@H](C)CC[C@H]1c1nc2c(ccc3cc(-c4ccc(-c5cnc([C@@H]6CC[C@H](C)N6C(=O)CC6CCOCC6)[nH]5)c5c4CCC5)ccc32)[nH]1. The Labute approximate surface area is 318 Å². The Morgan fingerprint density at radius 3 is 2.28 bits per heavy atom. The number of hydrogen-bond acceptors (Lipinski definition) is 5. The van der Waals surface area contributed by atoms with Gasteiger partial charge in [0.25, 0.3) is 0 Å². The maximum absolute atomic E-state index is 13.6. The first kappa shape index (κ1) is 35.2. The summed E-state index contributed by atoms with van der Waals surface area (Å²) < 4.78 is 5.54. The van der Waals surface area contributed by atoms with E-state index in [4.69, 9.17) is 14.7 Å². The van der Waals surface area contributed by atoms with Crippen LogP contribution in [0.15, 0.2) is 48.7 Å². The van der Waals surface area contributed by atoms with E-state index < -0.39 is 0 Å². The van der Waals surface area contributed by atoms with Crippen molar-refractivity contribution in [1.29, 1.82) is 0 Å². The molecule has 9 rings (SSSR count). The Balaban J connectivity index is 0.979. The number of nitrogens with one attached hydrogen (secondary N) is 2. The van der Waals surface area contributed by atoms with Crippen molar-refractivity contribution in [2.45, 2.75) is 122 Å². The molecule has 9 nitrogen and oxygen atoms in total. The normalized spacial score (nSPS) is 23.4. The highest BCUT2D eigenvalue weighted by Crippen LogP contribution is 2.42. The van der Waals surface area contributed by atoms with Crippen LogP contribution in [0, 0.1) is 11.8 Å². The van der Waals surface area contributed by atoms with Crippen molar-refractivity contribution in [2.24, 2.45) is 11.8 Å². The van der Waals surface area contributed by atoms with E-state index in [0.717, 1.165) is 105 Å². The maximum Gasteiger partial charge on any atom is 0.223 e. The second-order valence-corrected chi connectivity index (χ2v) is 17.0. The molecule has 0 spiro atoms. The maximum atomic E-state index is 13.6. The van der Waals surface area contributed by atoms with Crippen LogP contribution in [0.5, 0.6) is 0 Å². The highest BCUT2D eigenvalue weighted by Gasteiger charge is 2.39. The van der Waals surface area contributed by atoms with Crippen LogP contribution in [-0.2, 0) is 27.2 Å². The molecule has 2 N–H and O–H groups in total. The van der Waals surface area contributed by atoms with E-state index in [1.165, 1.54) is 33.2 Å². The molecule has 2 amide bonds. The number of carbonyl (C=O) groups excluding carboxylic acids is 2. The van der Waals surface area contributed by atoms with Gasteiger partial charge >= 0.3 is 0 Å². The molecular formula is C45H54N6O3. The molecule has 5 aromatic rings. The van der Waals surface area contributed by atoms with Crippen LogP contribution in [0.4, 0.5) is 0 Å². The van der Waals surface area contributed by atoms with Crippen molar-refractivity contribution in [1.82, 2.24) is 29.7 Å². The third kappa shape index (κ3) is 6.32. The summed E-state index contributed by atoms with van der Waals surface area (Å²) in [6.45, 7) is 10.1. The van der Waals surface area contributed by atoms with Gasteiger partial charge in [-0.1, -0.05) is 44.2 Å². The number of hydrogen-bond donors (Lipinski definition) is 2. The predicted octanol–water partition coefficient (Wildman–Crippen LogP) is 9.23. The average Bonchev–Trinajstić information content (AvgIpc) is 4.01. The van der Waals surface area contributed by atoms with Gasteiger partial charge in [0.1, 0.15) is 11.6 Å². The van der Waals surface area contributed by atoms with Gasteiger partial charge in [-0.15, -0.1) is 0 Å². The molecule has 4 atom stereocenters. The summed E-state index contributed by atoms with van der Waals surface area (Å²) >= 11 is 0. The monoisotopic (exact) mass is 726 g/mol. The van der Waals surface area contributed by atoms with E-state index in [9.17, 15) is 9.59 Å². The second kappa shape index (κ2) is 14.3. The molecule has 1 aliphatic carbocycles. The van der Waals surface area contributed by atoms with Crippen molar-refractivity contribution in [3.63, 3.8) is 0 Å². The lowest BCUT2D eigenvalue weighted by Gasteiger charge is -2.30. The smallest absolute Gasteiger partial charge is 0.223 e. The number of nitrogens with zero attached hydrogens (tertiary/aromatic N) is 4. The van der Waals surface area contributed by atoms with Crippen LogP contribution >= 0.6 is 0 Å². The summed E-state index contributed by atoms with van der Waals surface area (Å²) in [7, 11) is 0. The van der Waals surface area contributed by atoms with Gasteiger partial charge in [0, 0.05) is 49.1 Å². The Morgan fingerprint density at radius 2 is 1.52 bits per heavy atom. The molecule has 0 bridgehead atoms. The van der Waals surface area contributed by atoms with Crippen molar-refractivity contribution in [2.75, 3.05) is 13.2 Å². The molecule has 0 saturated carbocycles. The van der Waals surface area contributed by atoms with Gasteiger partial charge in [-0.25, -0.2) is 9.97 Å². The predicted molar refractivity (Wildman–Crippen MR) is 213 cm³/mol. The van der Waals surface area contributed by atoms with E-state index in [1.807, 2.05) is 6.20 Å². The Hall–Kier alpha value is -4.50. The number of aromatic amines is 2. The van der Waals surface area contributed by atoms with Crippen LogP contribution in [0.25, 0.3) is 44.2 Å². The summed E-state index contributed by atoms with van der Waals surface area (Å²) in [5, 5.41) is 2.30. The lowest BCUT2D eigenvalue weighted by Crippen LogP contribution is -2.37. The minimum absolute atomic E-state index is 0.00361. The highest BCUT2D eigenvalue weighted by atomic mass is 16.5. The summed E-state index contributed by atoms with van der Waals surface area (Å²) in [6, 6.07) is 16.1. The Bertz CT molecular complexity index is 2210. The second-order valence-electron chi connectivity index (χ2n) is 17.0. The van der Waals surface area contributed by atoms with Gasteiger partial charge in [0.05, 0.1) is 35.0 Å². The van der Waals surface area contributed by atoms with Crippen LogP contribution in [0.1, 0.15) is 120 Å². The molecule has 3 fully saturated rings. The van der Waals surface area contributed by atoms with Gasteiger partial charge < -0.3 is 24.5 Å². The lowest BCUT2D eigenvalue weighted by molar-refractivity contribution is -0.136. The molecule has 4 aliphatic rings. The summed E-state index contributed by atoms with van der Waals surface area (Å²) in [5.41, 5.74) is 9.61. The minimum atomic E-state index is -0.00895. The Morgan fingerprint density at radius 1 is 0.815 bits per heavy atom. The zero-order chi connectivity index (χ0) is 37.1. The number of fused-ring (bicyclic) bond motifs is 4. The molecule has 282 valence electrons. The largest absolute Gasteiger partial charge is 0.381 e. The van der Waals surface area contributed by atoms with Crippen molar-refractivity contribution >= 4 is 33.6 Å². The number of rotatable bonds is 8. The number of H-pyrrole nitrogens is 2. The third-order valence-corrected chi connectivity index (χ3v) is 12.9. The Kier molecular flexibility index (Phi) is 9.32. The minimum Gasteiger partial charge on any atom is -0.381 e. The zero-order valence-corrected chi connectivity index (χ0v) is 32.3. The molecule has 0 unspecified atom stereocenters. The van der Waals surface area contributed by atoms with E-state index >= 15 is 0 Å². The number of amides is 2. The van der Waals surface area contributed by atoms with Crippen molar-refractivity contribution in [3.8, 4) is 22.4 Å². The van der Waals surface area contributed by atoms with E-state index in [2.05, 4.69) is 89.9 Å². The fraction of sp³-hybridized carbons (Fsp3) is 0.511. The van der Waals surface area contributed by atoms with Gasteiger partial charge in [-0.2, -0.15) is 0 Å². The number of ether oxygens (including phenoxy) is 1. The van der Waals surface area contributed by atoms with Gasteiger partial charge in [-0.3, -0.25) is 9.59 Å². The van der Waals surface area contributed by atoms with Crippen LogP contribution < -0.4 is 0 Å². The zero-order valence-electron chi connectivity index (χ0n) is 32.3. The first-order chi connectivity index (χ1) is 26.2. The number of imidazole rings is 2. The molecule has 3 aromatic carbocycles. The van der Waals surface area contributed by atoms with E-state index in [-0.39, 0.29) is 36.0 Å². The molecule has 5 heterocycles. The average molecular weight is 727 g/mol. The summed E-state index contributed by atoms with van der Waals surface area (Å²) in [6.07, 6.45) is 12.2. The molecule has 54 heavy (non-hydrogen) atoms. The van der Waals surface area contributed by atoms with E-state index in [0.29, 0.717) is 24.7 Å². The number of carbonyl (C=O) groups is 2. The number of aromatic nitrogens is 4. The highest BCUT2D eigenvalue weighted by molar-refractivity contribution is 6.05. The summed E-state index contributed by atoms with van der Waals surface area (Å²) in [4.78, 5) is 48.4. The standard InChI is InChI=1S/C45H54N6O3/c1-26(2)22-41(52)51-28(4)9-17-40(51)45-47-37-15-11-31-24-30(10-12-33(31)43(37)49-45)32-13-14-36(35-7-5-6-34(32)35)38-25-46-44(48-38)39-16-8-27(3)50(39)42(53)23-29-18-20-54-21-19-29/h10-15,24-29,39-40H,5-9,16-23H2,1-4H3,(H,46,48)(H,47,49)/t27-,28-,39-,40-/m0/s1. The summed E-state index contributed by atoms with van der Waals surface area (Å²) in [5.74, 6) is 3.04.